The van der Waals surface area contributed by atoms with E-state index in [1.165, 1.54) is 6.42 Å². The summed E-state index contributed by atoms with van der Waals surface area (Å²) in [5.41, 5.74) is 5.50. The summed E-state index contributed by atoms with van der Waals surface area (Å²) < 4.78 is 0. The second-order valence-electron chi connectivity index (χ2n) is 3.54. The van der Waals surface area contributed by atoms with Gasteiger partial charge in [-0.2, -0.15) is 9.90 Å². The molecule has 1 aromatic rings. The van der Waals surface area contributed by atoms with Crippen LogP contribution in [0.4, 0.5) is 5.82 Å². The normalized spacial score (nSPS) is 28.1. The quantitative estimate of drug-likeness (QED) is 0.682. The van der Waals surface area contributed by atoms with Crippen LogP contribution in [0, 0.1) is 0 Å². The lowest BCUT2D eigenvalue weighted by Gasteiger charge is -2.09. The minimum atomic E-state index is 0.426. The molecule has 0 aromatic carbocycles. The summed E-state index contributed by atoms with van der Waals surface area (Å²) in [5, 5.41) is 11.5. The molecule has 1 fully saturated rings. The molecule has 1 aliphatic rings. The minimum Gasteiger partial charge on any atom is -0.381 e. The van der Waals surface area contributed by atoms with Crippen molar-refractivity contribution in [2.45, 2.75) is 31.3 Å². The van der Waals surface area contributed by atoms with E-state index >= 15 is 0 Å². The number of nitrogen functional groups attached to an aromatic ring is 1. The number of nitrogens with one attached hydrogen (secondary N) is 1. The maximum Gasteiger partial charge on any atom is 0.165 e. The summed E-state index contributed by atoms with van der Waals surface area (Å²) in [7, 11) is 2.00. The van der Waals surface area contributed by atoms with Crippen LogP contribution in [0.3, 0.4) is 0 Å². The van der Waals surface area contributed by atoms with Crippen molar-refractivity contribution < 1.29 is 0 Å². The predicted octanol–water partition coefficient (Wildman–Crippen LogP) is 0.173. The molecule has 2 unspecified atom stereocenters. The van der Waals surface area contributed by atoms with Crippen LogP contribution in [0.2, 0.25) is 0 Å². The van der Waals surface area contributed by atoms with Crippen LogP contribution >= 0.6 is 0 Å². The zero-order valence-corrected chi connectivity index (χ0v) is 7.77. The second-order valence-corrected chi connectivity index (χ2v) is 3.54. The molecular formula is C8H15N5. The van der Waals surface area contributed by atoms with E-state index in [1.807, 2.05) is 7.05 Å². The van der Waals surface area contributed by atoms with Gasteiger partial charge in [0, 0.05) is 6.04 Å². The van der Waals surface area contributed by atoms with Crippen molar-refractivity contribution in [3.8, 4) is 0 Å². The standard InChI is InChI=1S/C8H15N5/c1-10-6-2-3-7(4-6)13-11-5-8(9)12-13/h5-7,10H,2-4H2,1H3,(H2,9,12). The Bertz CT molecular complexity index is 282. The molecule has 0 spiro atoms. The maximum atomic E-state index is 5.50. The third-order valence-corrected chi connectivity index (χ3v) is 2.67. The van der Waals surface area contributed by atoms with Gasteiger partial charge in [-0.05, 0) is 26.3 Å². The number of nitrogens with two attached hydrogens (primary N) is 1. The molecule has 0 saturated heterocycles. The minimum absolute atomic E-state index is 0.426. The highest BCUT2D eigenvalue weighted by atomic mass is 15.5. The van der Waals surface area contributed by atoms with E-state index in [1.54, 1.807) is 11.0 Å². The summed E-state index contributed by atoms with van der Waals surface area (Å²) in [6.45, 7) is 0. The van der Waals surface area contributed by atoms with Crippen molar-refractivity contribution in [3.63, 3.8) is 0 Å². The topological polar surface area (TPSA) is 68.8 Å². The van der Waals surface area contributed by atoms with Crippen LogP contribution in [-0.2, 0) is 0 Å². The number of nitrogens with zero attached hydrogens (tertiary/aromatic N) is 3. The van der Waals surface area contributed by atoms with Gasteiger partial charge in [0.2, 0.25) is 0 Å². The van der Waals surface area contributed by atoms with E-state index in [0.717, 1.165) is 12.8 Å². The van der Waals surface area contributed by atoms with E-state index in [9.17, 15) is 0 Å². The first-order chi connectivity index (χ1) is 6.29. The SMILES string of the molecule is CNC1CCC(n2ncc(N)n2)C1. The molecule has 1 heterocycles. The van der Waals surface area contributed by atoms with Crippen molar-refractivity contribution in [1.82, 2.24) is 20.3 Å². The van der Waals surface area contributed by atoms with Gasteiger partial charge in [-0.1, -0.05) is 0 Å². The van der Waals surface area contributed by atoms with Gasteiger partial charge < -0.3 is 11.1 Å². The van der Waals surface area contributed by atoms with Crippen molar-refractivity contribution in [2.24, 2.45) is 0 Å². The monoisotopic (exact) mass is 181 g/mol. The number of hydrogen-bond donors (Lipinski definition) is 2. The van der Waals surface area contributed by atoms with Gasteiger partial charge in [0.1, 0.15) is 0 Å². The van der Waals surface area contributed by atoms with E-state index in [0.29, 0.717) is 17.9 Å². The van der Waals surface area contributed by atoms with E-state index in [-0.39, 0.29) is 0 Å². The van der Waals surface area contributed by atoms with Crippen molar-refractivity contribution >= 4 is 5.82 Å². The fourth-order valence-electron chi connectivity index (χ4n) is 1.89. The Labute approximate surface area is 77.3 Å². The number of hydrogen-bond acceptors (Lipinski definition) is 4. The van der Waals surface area contributed by atoms with Gasteiger partial charge in [-0.3, -0.25) is 0 Å². The highest BCUT2D eigenvalue weighted by molar-refractivity contribution is 5.19. The van der Waals surface area contributed by atoms with Crippen LogP contribution in [0.15, 0.2) is 6.20 Å². The fraction of sp³-hybridized carbons (Fsp3) is 0.750. The van der Waals surface area contributed by atoms with Crippen LogP contribution in [0.5, 0.6) is 0 Å². The molecule has 2 rings (SSSR count). The molecule has 5 nitrogen and oxygen atoms in total. The first-order valence-corrected chi connectivity index (χ1v) is 4.64. The van der Waals surface area contributed by atoms with Crippen molar-refractivity contribution in [3.05, 3.63) is 6.20 Å². The molecule has 0 amide bonds. The lowest BCUT2D eigenvalue weighted by atomic mass is 10.2. The van der Waals surface area contributed by atoms with Gasteiger partial charge >= 0.3 is 0 Å². The average molecular weight is 181 g/mol. The Morgan fingerprint density at radius 3 is 3.00 bits per heavy atom. The largest absolute Gasteiger partial charge is 0.381 e. The molecule has 13 heavy (non-hydrogen) atoms. The van der Waals surface area contributed by atoms with Gasteiger partial charge in [0.25, 0.3) is 0 Å². The number of aromatic nitrogens is 3. The molecule has 1 aromatic heterocycles. The molecular weight excluding hydrogens is 166 g/mol. The Hall–Kier alpha value is -1.10. The van der Waals surface area contributed by atoms with E-state index in [2.05, 4.69) is 15.5 Å². The molecule has 3 N–H and O–H groups in total. The van der Waals surface area contributed by atoms with Crippen LogP contribution < -0.4 is 11.1 Å². The van der Waals surface area contributed by atoms with Crippen molar-refractivity contribution in [1.29, 1.82) is 0 Å². The lowest BCUT2D eigenvalue weighted by molar-refractivity contribution is 0.404. The summed E-state index contributed by atoms with van der Waals surface area (Å²) in [5.74, 6) is 0.507. The molecule has 0 aliphatic heterocycles. The Morgan fingerprint density at radius 2 is 2.46 bits per heavy atom. The summed E-state index contributed by atoms with van der Waals surface area (Å²) in [4.78, 5) is 1.74. The van der Waals surface area contributed by atoms with Crippen LogP contribution in [-0.4, -0.2) is 28.1 Å². The van der Waals surface area contributed by atoms with Gasteiger partial charge in [-0.15, -0.1) is 5.10 Å². The van der Waals surface area contributed by atoms with Crippen LogP contribution in [0.25, 0.3) is 0 Å². The zero-order valence-electron chi connectivity index (χ0n) is 7.77. The van der Waals surface area contributed by atoms with Gasteiger partial charge in [-0.25, -0.2) is 0 Å². The summed E-state index contributed by atoms with van der Waals surface area (Å²) in [6.07, 6.45) is 5.04. The fourth-order valence-corrected chi connectivity index (χ4v) is 1.89. The molecule has 0 bridgehead atoms. The highest BCUT2D eigenvalue weighted by Gasteiger charge is 2.25. The predicted molar refractivity (Wildman–Crippen MR) is 50.2 cm³/mol. The third-order valence-electron chi connectivity index (χ3n) is 2.67. The highest BCUT2D eigenvalue weighted by Crippen LogP contribution is 2.28. The third kappa shape index (κ3) is 1.65. The second kappa shape index (κ2) is 3.33. The molecule has 2 atom stereocenters. The Morgan fingerprint density at radius 1 is 1.62 bits per heavy atom. The van der Waals surface area contributed by atoms with Gasteiger partial charge in [0.05, 0.1) is 12.2 Å². The molecule has 5 heteroatoms. The molecule has 1 saturated carbocycles. The molecule has 0 radical (unpaired) electrons. The van der Waals surface area contributed by atoms with E-state index in [4.69, 9.17) is 5.73 Å². The molecule has 72 valence electrons. The number of anilines is 1. The summed E-state index contributed by atoms with van der Waals surface area (Å²) in [6, 6.07) is 1.03. The summed E-state index contributed by atoms with van der Waals surface area (Å²) >= 11 is 0. The Kier molecular flexibility index (Phi) is 2.18. The van der Waals surface area contributed by atoms with Crippen molar-refractivity contribution in [2.75, 3.05) is 12.8 Å². The number of rotatable bonds is 2. The first kappa shape index (κ1) is 8.50. The maximum absolute atomic E-state index is 5.50. The van der Waals surface area contributed by atoms with E-state index < -0.39 is 0 Å². The zero-order chi connectivity index (χ0) is 9.26. The Balaban J connectivity index is 2.03. The van der Waals surface area contributed by atoms with Gasteiger partial charge in [0.15, 0.2) is 5.82 Å². The van der Waals surface area contributed by atoms with Crippen LogP contribution in [0.1, 0.15) is 25.3 Å². The molecule has 1 aliphatic carbocycles. The first-order valence-electron chi connectivity index (χ1n) is 4.64. The smallest absolute Gasteiger partial charge is 0.165 e. The average Bonchev–Trinajstić information content (AvgIpc) is 2.71. The lowest BCUT2D eigenvalue weighted by Crippen LogP contribution is -2.22.